The standard InChI is InChI=1S/C10H21NO2/c1-2-6-12-7-8-13-9-10-4-3-5-11-10/h10-11H,2-9H2,1H3/t10-/m1/s1. The largest absolute Gasteiger partial charge is 0.379 e. The highest BCUT2D eigenvalue weighted by molar-refractivity contribution is 4.73. The van der Waals surface area contributed by atoms with Crippen molar-refractivity contribution in [2.24, 2.45) is 0 Å². The van der Waals surface area contributed by atoms with E-state index in [2.05, 4.69) is 12.2 Å². The molecule has 0 saturated carbocycles. The highest BCUT2D eigenvalue weighted by Crippen LogP contribution is 2.04. The van der Waals surface area contributed by atoms with Gasteiger partial charge in [-0.25, -0.2) is 0 Å². The first-order valence-corrected chi connectivity index (χ1v) is 5.32. The van der Waals surface area contributed by atoms with Crippen LogP contribution in [0.1, 0.15) is 26.2 Å². The molecule has 78 valence electrons. The second-order valence-electron chi connectivity index (χ2n) is 3.48. The van der Waals surface area contributed by atoms with Crippen molar-refractivity contribution in [2.45, 2.75) is 32.2 Å². The molecular weight excluding hydrogens is 166 g/mol. The Bertz CT molecular complexity index is 113. The van der Waals surface area contributed by atoms with Crippen molar-refractivity contribution in [1.82, 2.24) is 5.32 Å². The molecule has 0 spiro atoms. The van der Waals surface area contributed by atoms with Gasteiger partial charge in [0.2, 0.25) is 0 Å². The number of hydrogen-bond acceptors (Lipinski definition) is 3. The third kappa shape index (κ3) is 5.24. The lowest BCUT2D eigenvalue weighted by Crippen LogP contribution is -2.27. The van der Waals surface area contributed by atoms with Gasteiger partial charge in [-0.05, 0) is 25.8 Å². The maximum absolute atomic E-state index is 5.48. The first-order valence-electron chi connectivity index (χ1n) is 5.32. The summed E-state index contributed by atoms with van der Waals surface area (Å²) in [6.07, 6.45) is 3.64. The number of ether oxygens (including phenoxy) is 2. The fourth-order valence-corrected chi connectivity index (χ4v) is 1.49. The van der Waals surface area contributed by atoms with Gasteiger partial charge in [-0.1, -0.05) is 6.92 Å². The fraction of sp³-hybridized carbons (Fsp3) is 1.00. The van der Waals surface area contributed by atoms with Gasteiger partial charge in [0.05, 0.1) is 19.8 Å². The van der Waals surface area contributed by atoms with Gasteiger partial charge in [0.15, 0.2) is 0 Å². The Morgan fingerprint density at radius 2 is 2.08 bits per heavy atom. The molecule has 0 radical (unpaired) electrons. The van der Waals surface area contributed by atoms with E-state index in [0.29, 0.717) is 6.04 Å². The zero-order valence-corrected chi connectivity index (χ0v) is 8.55. The van der Waals surface area contributed by atoms with E-state index >= 15 is 0 Å². The molecule has 3 nitrogen and oxygen atoms in total. The highest BCUT2D eigenvalue weighted by atomic mass is 16.5. The molecule has 1 saturated heterocycles. The Morgan fingerprint density at radius 3 is 2.77 bits per heavy atom. The van der Waals surface area contributed by atoms with Gasteiger partial charge in [0.25, 0.3) is 0 Å². The summed E-state index contributed by atoms with van der Waals surface area (Å²) < 4.78 is 10.8. The van der Waals surface area contributed by atoms with E-state index in [0.717, 1.165) is 39.4 Å². The molecule has 0 amide bonds. The molecule has 1 N–H and O–H groups in total. The van der Waals surface area contributed by atoms with Crippen LogP contribution >= 0.6 is 0 Å². The van der Waals surface area contributed by atoms with Gasteiger partial charge in [-0.15, -0.1) is 0 Å². The molecular formula is C10H21NO2. The summed E-state index contributed by atoms with van der Waals surface area (Å²) in [5.41, 5.74) is 0. The van der Waals surface area contributed by atoms with E-state index in [9.17, 15) is 0 Å². The smallest absolute Gasteiger partial charge is 0.0701 e. The van der Waals surface area contributed by atoms with Gasteiger partial charge in [0, 0.05) is 12.6 Å². The summed E-state index contributed by atoms with van der Waals surface area (Å²) in [6, 6.07) is 0.589. The lowest BCUT2D eigenvalue weighted by atomic mass is 10.2. The fourth-order valence-electron chi connectivity index (χ4n) is 1.49. The molecule has 0 aliphatic carbocycles. The van der Waals surface area contributed by atoms with E-state index in [1.54, 1.807) is 0 Å². The summed E-state index contributed by atoms with van der Waals surface area (Å²) in [5.74, 6) is 0. The lowest BCUT2D eigenvalue weighted by Gasteiger charge is -2.10. The van der Waals surface area contributed by atoms with E-state index in [1.165, 1.54) is 12.8 Å². The Morgan fingerprint density at radius 1 is 1.23 bits per heavy atom. The van der Waals surface area contributed by atoms with Gasteiger partial charge < -0.3 is 14.8 Å². The van der Waals surface area contributed by atoms with E-state index in [-0.39, 0.29) is 0 Å². The minimum Gasteiger partial charge on any atom is -0.379 e. The Labute approximate surface area is 80.8 Å². The van der Waals surface area contributed by atoms with Crippen molar-refractivity contribution in [2.75, 3.05) is 33.0 Å². The summed E-state index contributed by atoms with van der Waals surface area (Å²) >= 11 is 0. The van der Waals surface area contributed by atoms with E-state index < -0.39 is 0 Å². The summed E-state index contributed by atoms with van der Waals surface area (Å²) in [6.45, 7) is 6.43. The van der Waals surface area contributed by atoms with Gasteiger partial charge >= 0.3 is 0 Å². The topological polar surface area (TPSA) is 30.5 Å². The van der Waals surface area contributed by atoms with Crippen molar-refractivity contribution >= 4 is 0 Å². The number of rotatable bonds is 7. The lowest BCUT2D eigenvalue weighted by molar-refractivity contribution is 0.0412. The number of hydrogen-bond donors (Lipinski definition) is 1. The first kappa shape index (κ1) is 11.0. The van der Waals surface area contributed by atoms with Crippen LogP contribution in [0.4, 0.5) is 0 Å². The minimum atomic E-state index is 0.589. The third-order valence-corrected chi connectivity index (χ3v) is 2.20. The zero-order valence-electron chi connectivity index (χ0n) is 8.55. The summed E-state index contributed by atoms with van der Waals surface area (Å²) in [7, 11) is 0. The molecule has 1 aliphatic rings. The molecule has 0 bridgehead atoms. The van der Waals surface area contributed by atoms with Crippen molar-refractivity contribution in [1.29, 1.82) is 0 Å². The third-order valence-electron chi connectivity index (χ3n) is 2.20. The second kappa shape index (κ2) is 7.30. The van der Waals surface area contributed by atoms with Crippen LogP contribution in [-0.2, 0) is 9.47 Å². The van der Waals surface area contributed by atoms with Crippen LogP contribution in [0.3, 0.4) is 0 Å². The molecule has 0 aromatic rings. The van der Waals surface area contributed by atoms with Gasteiger partial charge in [0.1, 0.15) is 0 Å². The molecule has 3 heteroatoms. The molecule has 0 unspecified atom stereocenters. The van der Waals surface area contributed by atoms with Crippen molar-refractivity contribution < 1.29 is 9.47 Å². The SMILES string of the molecule is CCCOCCOC[C@H]1CCCN1. The van der Waals surface area contributed by atoms with Gasteiger partial charge in [-0.2, -0.15) is 0 Å². The molecule has 1 heterocycles. The van der Waals surface area contributed by atoms with E-state index in [4.69, 9.17) is 9.47 Å². The maximum Gasteiger partial charge on any atom is 0.0701 e. The molecule has 1 rings (SSSR count). The quantitative estimate of drug-likeness (QED) is 0.607. The average molecular weight is 187 g/mol. The predicted molar refractivity (Wildman–Crippen MR) is 53.0 cm³/mol. The molecule has 0 aromatic heterocycles. The second-order valence-corrected chi connectivity index (χ2v) is 3.48. The minimum absolute atomic E-state index is 0.589. The van der Waals surface area contributed by atoms with Crippen LogP contribution in [0.15, 0.2) is 0 Å². The summed E-state index contributed by atoms with van der Waals surface area (Å²) in [5, 5.41) is 3.39. The molecule has 1 atom stereocenters. The Balaban J connectivity index is 1.78. The average Bonchev–Trinajstić information content (AvgIpc) is 2.63. The summed E-state index contributed by atoms with van der Waals surface area (Å²) in [4.78, 5) is 0. The van der Waals surface area contributed by atoms with Crippen molar-refractivity contribution in [3.05, 3.63) is 0 Å². The zero-order chi connectivity index (χ0) is 9.36. The van der Waals surface area contributed by atoms with Crippen LogP contribution < -0.4 is 5.32 Å². The first-order chi connectivity index (χ1) is 6.43. The molecule has 1 aliphatic heterocycles. The van der Waals surface area contributed by atoms with Crippen LogP contribution in [0.5, 0.6) is 0 Å². The molecule has 0 aromatic carbocycles. The highest BCUT2D eigenvalue weighted by Gasteiger charge is 2.13. The monoisotopic (exact) mass is 187 g/mol. The van der Waals surface area contributed by atoms with Crippen molar-refractivity contribution in [3.63, 3.8) is 0 Å². The van der Waals surface area contributed by atoms with Crippen LogP contribution in [0.25, 0.3) is 0 Å². The normalized spacial score (nSPS) is 22.4. The Hall–Kier alpha value is -0.120. The van der Waals surface area contributed by atoms with Crippen LogP contribution in [0.2, 0.25) is 0 Å². The van der Waals surface area contributed by atoms with Crippen LogP contribution in [-0.4, -0.2) is 39.0 Å². The maximum atomic E-state index is 5.48. The van der Waals surface area contributed by atoms with Crippen molar-refractivity contribution in [3.8, 4) is 0 Å². The van der Waals surface area contributed by atoms with E-state index in [1.807, 2.05) is 0 Å². The molecule has 13 heavy (non-hydrogen) atoms. The molecule has 1 fully saturated rings. The predicted octanol–water partition coefficient (Wildman–Crippen LogP) is 1.18. The Kier molecular flexibility index (Phi) is 6.15. The van der Waals surface area contributed by atoms with Crippen LogP contribution in [0, 0.1) is 0 Å². The van der Waals surface area contributed by atoms with Gasteiger partial charge in [-0.3, -0.25) is 0 Å². The number of nitrogens with one attached hydrogen (secondary N) is 1.